The first-order valence-electron chi connectivity index (χ1n) is 5.23. The molecule has 86 valence electrons. The smallest absolute Gasteiger partial charge is 0.239 e. The fourth-order valence-electron chi connectivity index (χ4n) is 1.83. The molecule has 1 aliphatic heterocycles. The van der Waals surface area contributed by atoms with E-state index in [0.717, 1.165) is 25.2 Å². The Morgan fingerprint density at radius 1 is 1.44 bits per heavy atom. The van der Waals surface area contributed by atoms with Crippen LogP contribution in [-0.4, -0.2) is 25.5 Å². The second-order valence-electron chi connectivity index (χ2n) is 3.83. The lowest BCUT2D eigenvalue weighted by atomic mass is 10.2. The van der Waals surface area contributed by atoms with E-state index in [0.29, 0.717) is 17.3 Å². The predicted octanol–water partition coefficient (Wildman–Crippen LogP) is 1.25. The molecule has 0 aliphatic carbocycles. The van der Waals surface area contributed by atoms with Gasteiger partial charge >= 0.3 is 0 Å². The van der Waals surface area contributed by atoms with Gasteiger partial charge in [0.2, 0.25) is 5.91 Å². The molecular weight excluding hydrogens is 226 g/mol. The van der Waals surface area contributed by atoms with Crippen LogP contribution in [0, 0.1) is 0 Å². The lowest BCUT2D eigenvalue weighted by Gasteiger charge is -2.22. The highest BCUT2D eigenvalue weighted by atomic mass is 35.5. The number of amides is 1. The summed E-state index contributed by atoms with van der Waals surface area (Å²) in [6.07, 6.45) is 0.924. The third kappa shape index (κ3) is 2.39. The second-order valence-corrected chi connectivity index (χ2v) is 4.26. The van der Waals surface area contributed by atoms with Crippen molar-refractivity contribution in [3.05, 3.63) is 23.2 Å². The van der Waals surface area contributed by atoms with E-state index in [9.17, 15) is 4.79 Å². The van der Waals surface area contributed by atoms with Gasteiger partial charge in [-0.1, -0.05) is 11.6 Å². The van der Waals surface area contributed by atoms with Gasteiger partial charge in [-0.25, -0.2) is 0 Å². The zero-order valence-corrected chi connectivity index (χ0v) is 9.63. The van der Waals surface area contributed by atoms with Crippen molar-refractivity contribution in [2.24, 2.45) is 0 Å². The average Bonchev–Trinajstić information content (AvgIpc) is 2.43. The van der Waals surface area contributed by atoms with Gasteiger partial charge in [-0.05, 0) is 24.6 Å². The third-order valence-corrected chi connectivity index (χ3v) is 2.83. The van der Waals surface area contributed by atoms with Crippen molar-refractivity contribution in [3.63, 3.8) is 0 Å². The molecule has 1 aromatic rings. The van der Waals surface area contributed by atoms with Crippen molar-refractivity contribution in [1.29, 1.82) is 0 Å². The number of nitrogen functional groups attached to an aromatic ring is 1. The van der Waals surface area contributed by atoms with Crippen molar-refractivity contribution in [3.8, 4) is 0 Å². The first-order chi connectivity index (χ1) is 7.66. The quantitative estimate of drug-likeness (QED) is 0.726. The zero-order chi connectivity index (χ0) is 11.5. The summed E-state index contributed by atoms with van der Waals surface area (Å²) < 4.78 is 0. The summed E-state index contributed by atoms with van der Waals surface area (Å²) in [6, 6.07) is 5.35. The minimum absolute atomic E-state index is 0.0341. The van der Waals surface area contributed by atoms with Crippen molar-refractivity contribution >= 4 is 28.9 Å². The maximum atomic E-state index is 11.4. The molecule has 0 spiro atoms. The van der Waals surface area contributed by atoms with Crippen LogP contribution in [0.15, 0.2) is 18.2 Å². The number of anilines is 2. The molecule has 1 aliphatic rings. The summed E-state index contributed by atoms with van der Waals surface area (Å²) in [7, 11) is 0. The van der Waals surface area contributed by atoms with Crippen molar-refractivity contribution in [2.75, 3.05) is 30.3 Å². The van der Waals surface area contributed by atoms with Gasteiger partial charge in [0.15, 0.2) is 0 Å². The van der Waals surface area contributed by atoms with Gasteiger partial charge in [-0.15, -0.1) is 0 Å². The molecule has 0 atom stereocenters. The first-order valence-corrected chi connectivity index (χ1v) is 5.61. The van der Waals surface area contributed by atoms with Crippen LogP contribution in [0.3, 0.4) is 0 Å². The van der Waals surface area contributed by atoms with E-state index in [2.05, 4.69) is 5.32 Å². The van der Waals surface area contributed by atoms with Crippen LogP contribution >= 0.6 is 11.6 Å². The monoisotopic (exact) mass is 239 g/mol. The second kappa shape index (κ2) is 4.61. The number of halogens is 1. The van der Waals surface area contributed by atoms with E-state index < -0.39 is 0 Å². The summed E-state index contributed by atoms with van der Waals surface area (Å²) in [5.74, 6) is 0.0341. The standard InChI is InChI=1S/C11H14ClN3O/c12-8-2-3-10(9(13)6-8)15-5-1-4-14-11(16)7-15/h2-3,6H,1,4-5,7,13H2,(H,14,16). The zero-order valence-electron chi connectivity index (χ0n) is 8.87. The Balaban J connectivity index is 2.24. The molecule has 1 saturated heterocycles. The van der Waals surface area contributed by atoms with Gasteiger partial charge in [0.05, 0.1) is 17.9 Å². The molecule has 0 unspecified atom stereocenters. The highest BCUT2D eigenvalue weighted by Gasteiger charge is 2.16. The third-order valence-electron chi connectivity index (χ3n) is 2.59. The van der Waals surface area contributed by atoms with E-state index in [1.54, 1.807) is 12.1 Å². The van der Waals surface area contributed by atoms with Crippen LogP contribution in [0.2, 0.25) is 5.02 Å². The van der Waals surface area contributed by atoms with Crippen LogP contribution in [0.25, 0.3) is 0 Å². The SMILES string of the molecule is Nc1cc(Cl)ccc1N1CCCNC(=O)C1. The normalized spacial score (nSPS) is 16.8. The molecule has 2 rings (SSSR count). The Kier molecular flexibility index (Phi) is 3.19. The van der Waals surface area contributed by atoms with Crippen molar-refractivity contribution < 1.29 is 4.79 Å². The molecule has 4 nitrogen and oxygen atoms in total. The maximum absolute atomic E-state index is 11.4. The number of nitrogens with two attached hydrogens (primary N) is 1. The minimum atomic E-state index is 0.0341. The highest BCUT2D eigenvalue weighted by Crippen LogP contribution is 2.26. The number of carbonyl (C=O) groups excluding carboxylic acids is 1. The number of hydrogen-bond acceptors (Lipinski definition) is 3. The summed E-state index contributed by atoms with van der Waals surface area (Å²) in [5, 5.41) is 3.44. The summed E-state index contributed by atoms with van der Waals surface area (Å²) in [4.78, 5) is 13.4. The Hall–Kier alpha value is -1.42. The largest absolute Gasteiger partial charge is 0.397 e. The summed E-state index contributed by atoms with van der Waals surface area (Å²) in [5.41, 5.74) is 7.38. The summed E-state index contributed by atoms with van der Waals surface area (Å²) >= 11 is 5.84. The fourth-order valence-corrected chi connectivity index (χ4v) is 2.01. The molecule has 16 heavy (non-hydrogen) atoms. The topological polar surface area (TPSA) is 58.4 Å². The average molecular weight is 240 g/mol. The Labute approximate surface area is 99.4 Å². The lowest BCUT2D eigenvalue weighted by molar-refractivity contribution is -0.119. The Morgan fingerprint density at radius 2 is 2.25 bits per heavy atom. The van der Waals surface area contributed by atoms with Gasteiger partial charge in [0, 0.05) is 18.1 Å². The molecule has 0 saturated carbocycles. The van der Waals surface area contributed by atoms with Gasteiger partial charge in [-0.3, -0.25) is 4.79 Å². The van der Waals surface area contributed by atoms with Crippen LogP contribution in [0.5, 0.6) is 0 Å². The van der Waals surface area contributed by atoms with Crippen LogP contribution in [0.1, 0.15) is 6.42 Å². The van der Waals surface area contributed by atoms with Crippen LogP contribution < -0.4 is 16.0 Å². The number of nitrogens with one attached hydrogen (secondary N) is 1. The molecule has 5 heteroatoms. The van der Waals surface area contributed by atoms with E-state index >= 15 is 0 Å². The Morgan fingerprint density at radius 3 is 3.00 bits per heavy atom. The minimum Gasteiger partial charge on any atom is -0.397 e. The van der Waals surface area contributed by atoms with E-state index in [1.807, 2.05) is 11.0 Å². The number of carbonyl (C=O) groups is 1. The molecular formula is C11H14ClN3O. The molecule has 0 aromatic heterocycles. The van der Waals surface area contributed by atoms with Gasteiger partial charge in [-0.2, -0.15) is 0 Å². The van der Waals surface area contributed by atoms with Gasteiger partial charge < -0.3 is 16.0 Å². The predicted molar refractivity (Wildman–Crippen MR) is 65.7 cm³/mol. The van der Waals surface area contributed by atoms with E-state index in [-0.39, 0.29) is 5.91 Å². The maximum Gasteiger partial charge on any atom is 0.239 e. The first kappa shape index (κ1) is 11.1. The van der Waals surface area contributed by atoms with Crippen molar-refractivity contribution in [1.82, 2.24) is 5.32 Å². The van der Waals surface area contributed by atoms with Gasteiger partial charge in [0.1, 0.15) is 0 Å². The molecule has 0 radical (unpaired) electrons. The number of nitrogens with zero attached hydrogens (tertiary/aromatic N) is 1. The molecule has 0 bridgehead atoms. The highest BCUT2D eigenvalue weighted by molar-refractivity contribution is 6.31. The molecule has 1 amide bonds. The molecule has 1 fully saturated rings. The van der Waals surface area contributed by atoms with Crippen LogP contribution in [0.4, 0.5) is 11.4 Å². The number of rotatable bonds is 1. The molecule has 3 N–H and O–H groups in total. The fraction of sp³-hybridized carbons (Fsp3) is 0.364. The Bertz CT molecular complexity index is 408. The van der Waals surface area contributed by atoms with E-state index in [1.165, 1.54) is 0 Å². The lowest BCUT2D eigenvalue weighted by Crippen LogP contribution is -2.33. The van der Waals surface area contributed by atoms with Gasteiger partial charge in [0.25, 0.3) is 0 Å². The van der Waals surface area contributed by atoms with Crippen LogP contribution in [-0.2, 0) is 4.79 Å². The van der Waals surface area contributed by atoms with Crippen molar-refractivity contribution in [2.45, 2.75) is 6.42 Å². The number of hydrogen-bond donors (Lipinski definition) is 2. The van der Waals surface area contributed by atoms with E-state index in [4.69, 9.17) is 17.3 Å². The summed E-state index contributed by atoms with van der Waals surface area (Å²) in [6.45, 7) is 1.90. The number of benzene rings is 1. The molecule has 1 aromatic carbocycles. The molecule has 1 heterocycles.